The van der Waals surface area contributed by atoms with Crippen LogP contribution in [0.5, 0.6) is 0 Å². The third-order valence-electron chi connectivity index (χ3n) is 3.67. The van der Waals surface area contributed by atoms with Gasteiger partial charge in [0.15, 0.2) is 0 Å². The molecule has 0 aromatic carbocycles. The second kappa shape index (κ2) is 5.99. The highest BCUT2D eigenvalue weighted by Gasteiger charge is 2.30. The number of nitrogens with one attached hydrogen (secondary N) is 1. The van der Waals surface area contributed by atoms with Crippen LogP contribution in [-0.2, 0) is 4.74 Å². The number of ether oxygens (including phenoxy) is 1. The fraction of sp³-hybridized carbons (Fsp3) is 1.00. The Hall–Kier alpha value is -0.120. The molecule has 3 heteroatoms. The van der Waals surface area contributed by atoms with Crippen molar-refractivity contribution in [2.45, 2.75) is 32.2 Å². The Morgan fingerprint density at radius 3 is 2.75 bits per heavy atom. The summed E-state index contributed by atoms with van der Waals surface area (Å²) in [6, 6.07) is 0.585. The number of hydrogen-bond acceptors (Lipinski definition) is 3. The maximum absolute atomic E-state index is 5.60. The van der Waals surface area contributed by atoms with Crippen molar-refractivity contribution in [3.05, 3.63) is 0 Å². The summed E-state index contributed by atoms with van der Waals surface area (Å²) >= 11 is 0. The van der Waals surface area contributed by atoms with E-state index < -0.39 is 0 Å². The van der Waals surface area contributed by atoms with E-state index in [2.05, 4.69) is 24.2 Å². The SMILES string of the molecule is CCCNC1COCC1CN(C)CC1CC1. The van der Waals surface area contributed by atoms with Crippen LogP contribution in [0.1, 0.15) is 26.2 Å². The molecular weight excluding hydrogens is 200 g/mol. The molecule has 0 aromatic rings. The summed E-state index contributed by atoms with van der Waals surface area (Å²) in [7, 11) is 2.26. The Morgan fingerprint density at radius 1 is 1.25 bits per heavy atom. The highest BCUT2D eigenvalue weighted by atomic mass is 16.5. The van der Waals surface area contributed by atoms with Crippen LogP contribution < -0.4 is 5.32 Å². The first-order valence-corrected chi connectivity index (χ1v) is 6.79. The lowest BCUT2D eigenvalue weighted by molar-refractivity contribution is 0.172. The topological polar surface area (TPSA) is 24.5 Å². The largest absolute Gasteiger partial charge is 0.379 e. The molecule has 0 aromatic heterocycles. The Kier molecular flexibility index (Phi) is 4.62. The van der Waals surface area contributed by atoms with E-state index >= 15 is 0 Å². The number of rotatable bonds is 7. The Labute approximate surface area is 99.5 Å². The molecule has 2 atom stereocenters. The summed E-state index contributed by atoms with van der Waals surface area (Å²) in [5.74, 6) is 1.68. The second-order valence-corrected chi connectivity index (χ2v) is 5.52. The molecule has 2 unspecified atom stereocenters. The van der Waals surface area contributed by atoms with Crippen LogP contribution in [0.3, 0.4) is 0 Å². The van der Waals surface area contributed by atoms with Gasteiger partial charge in [-0.2, -0.15) is 0 Å². The van der Waals surface area contributed by atoms with Gasteiger partial charge in [0.25, 0.3) is 0 Å². The van der Waals surface area contributed by atoms with E-state index in [9.17, 15) is 0 Å². The van der Waals surface area contributed by atoms with Gasteiger partial charge in [-0.1, -0.05) is 6.92 Å². The van der Waals surface area contributed by atoms with E-state index in [1.54, 1.807) is 0 Å². The van der Waals surface area contributed by atoms with Gasteiger partial charge < -0.3 is 15.0 Å². The average molecular weight is 226 g/mol. The molecule has 0 bridgehead atoms. The molecule has 0 spiro atoms. The molecule has 2 rings (SSSR count). The van der Waals surface area contributed by atoms with Crippen molar-refractivity contribution in [3.63, 3.8) is 0 Å². The minimum atomic E-state index is 0.585. The standard InChI is InChI=1S/C13H26N2O/c1-3-6-14-13-10-16-9-12(13)8-15(2)7-11-4-5-11/h11-14H,3-10H2,1-2H3. The fourth-order valence-electron chi connectivity index (χ4n) is 2.55. The van der Waals surface area contributed by atoms with Crippen molar-refractivity contribution in [2.24, 2.45) is 11.8 Å². The zero-order valence-electron chi connectivity index (χ0n) is 10.7. The Balaban J connectivity index is 1.69. The van der Waals surface area contributed by atoms with Gasteiger partial charge in [0.2, 0.25) is 0 Å². The lowest BCUT2D eigenvalue weighted by atomic mass is 10.0. The molecule has 1 N–H and O–H groups in total. The molecular formula is C13H26N2O. The van der Waals surface area contributed by atoms with Gasteiger partial charge in [-0.05, 0) is 38.8 Å². The van der Waals surface area contributed by atoms with Crippen LogP contribution in [0, 0.1) is 11.8 Å². The molecule has 16 heavy (non-hydrogen) atoms. The lowest BCUT2D eigenvalue weighted by Crippen LogP contribution is -2.41. The first-order valence-electron chi connectivity index (χ1n) is 6.79. The van der Waals surface area contributed by atoms with E-state index in [0.29, 0.717) is 12.0 Å². The molecule has 1 saturated heterocycles. The van der Waals surface area contributed by atoms with E-state index in [-0.39, 0.29) is 0 Å². The van der Waals surface area contributed by atoms with Crippen LogP contribution in [0.4, 0.5) is 0 Å². The maximum atomic E-state index is 5.60. The molecule has 1 aliphatic carbocycles. The Bertz CT molecular complexity index is 206. The smallest absolute Gasteiger partial charge is 0.0623 e. The maximum Gasteiger partial charge on any atom is 0.0623 e. The molecule has 94 valence electrons. The van der Waals surface area contributed by atoms with Crippen molar-refractivity contribution >= 4 is 0 Å². The van der Waals surface area contributed by atoms with Gasteiger partial charge in [-0.25, -0.2) is 0 Å². The molecule has 0 radical (unpaired) electrons. The van der Waals surface area contributed by atoms with Gasteiger partial charge in [0, 0.05) is 25.0 Å². The minimum absolute atomic E-state index is 0.585. The molecule has 0 amide bonds. The first-order chi connectivity index (χ1) is 7.79. The third-order valence-corrected chi connectivity index (χ3v) is 3.67. The Morgan fingerprint density at radius 2 is 2.06 bits per heavy atom. The van der Waals surface area contributed by atoms with Gasteiger partial charge in [0.05, 0.1) is 13.2 Å². The zero-order valence-corrected chi connectivity index (χ0v) is 10.7. The molecule has 1 aliphatic heterocycles. The summed E-state index contributed by atoms with van der Waals surface area (Å²) < 4.78 is 5.60. The molecule has 2 fully saturated rings. The lowest BCUT2D eigenvalue weighted by Gasteiger charge is -2.24. The van der Waals surface area contributed by atoms with Crippen molar-refractivity contribution in [1.29, 1.82) is 0 Å². The summed E-state index contributed by atoms with van der Waals surface area (Å²) in [5.41, 5.74) is 0. The van der Waals surface area contributed by atoms with E-state index in [1.807, 2.05) is 0 Å². The van der Waals surface area contributed by atoms with Crippen LogP contribution in [0.25, 0.3) is 0 Å². The van der Waals surface area contributed by atoms with E-state index in [0.717, 1.165) is 25.7 Å². The van der Waals surface area contributed by atoms with Crippen LogP contribution >= 0.6 is 0 Å². The highest BCUT2D eigenvalue weighted by Crippen LogP contribution is 2.29. The van der Waals surface area contributed by atoms with Crippen molar-refractivity contribution in [1.82, 2.24) is 10.2 Å². The van der Waals surface area contributed by atoms with Gasteiger partial charge in [-0.15, -0.1) is 0 Å². The minimum Gasteiger partial charge on any atom is -0.379 e. The van der Waals surface area contributed by atoms with Crippen molar-refractivity contribution in [3.8, 4) is 0 Å². The predicted octanol–water partition coefficient (Wildman–Crippen LogP) is 1.34. The third kappa shape index (κ3) is 3.72. The van der Waals surface area contributed by atoms with Crippen LogP contribution in [-0.4, -0.2) is 50.8 Å². The molecule has 3 nitrogen and oxygen atoms in total. The quantitative estimate of drug-likeness (QED) is 0.709. The highest BCUT2D eigenvalue weighted by molar-refractivity contribution is 4.84. The van der Waals surface area contributed by atoms with E-state index in [1.165, 1.54) is 32.4 Å². The normalized spacial score (nSPS) is 30.2. The molecule has 2 aliphatic rings. The number of hydrogen-bond donors (Lipinski definition) is 1. The van der Waals surface area contributed by atoms with Crippen molar-refractivity contribution < 1.29 is 4.74 Å². The van der Waals surface area contributed by atoms with Crippen LogP contribution in [0.15, 0.2) is 0 Å². The summed E-state index contributed by atoms with van der Waals surface area (Å²) in [6.07, 6.45) is 4.10. The van der Waals surface area contributed by atoms with Crippen LogP contribution in [0.2, 0.25) is 0 Å². The van der Waals surface area contributed by atoms with Gasteiger partial charge in [0.1, 0.15) is 0 Å². The second-order valence-electron chi connectivity index (χ2n) is 5.52. The first kappa shape index (κ1) is 12.3. The summed E-state index contributed by atoms with van der Waals surface area (Å²) in [4.78, 5) is 2.50. The molecule has 1 heterocycles. The van der Waals surface area contributed by atoms with Gasteiger partial charge >= 0.3 is 0 Å². The predicted molar refractivity (Wildman–Crippen MR) is 66.6 cm³/mol. The summed E-state index contributed by atoms with van der Waals surface area (Å²) in [5, 5.41) is 3.60. The summed E-state index contributed by atoms with van der Waals surface area (Å²) in [6.45, 7) is 7.67. The molecule has 1 saturated carbocycles. The average Bonchev–Trinajstić information content (AvgIpc) is 2.95. The monoisotopic (exact) mass is 226 g/mol. The zero-order chi connectivity index (χ0) is 11.4. The van der Waals surface area contributed by atoms with Gasteiger partial charge in [-0.3, -0.25) is 0 Å². The fourth-order valence-corrected chi connectivity index (χ4v) is 2.55. The van der Waals surface area contributed by atoms with Crippen molar-refractivity contribution in [2.75, 3.05) is 39.9 Å². The number of nitrogens with zero attached hydrogens (tertiary/aromatic N) is 1. The van der Waals surface area contributed by atoms with E-state index in [4.69, 9.17) is 4.74 Å².